The summed E-state index contributed by atoms with van der Waals surface area (Å²) in [6.07, 6.45) is 0.0439. The first-order valence-electron chi connectivity index (χ1n) is 13.3. The highest BCUT2D eigenvalue weighted by molar-refractivity contribution is 5.97. The van der Waals surface area contributed by atoms with Gasteiger partial charge in [0.2, 0.25) is 23.6 Å². The van der Waals surface area contributed by atoms with Crippen LogP contribution in [0.3, 0.4) is 0 Å². The second-order valence-electron chi connectivity index (χ2n) is 9.96. The molecule has 0 aromatic heterocycles. The molecule has 1 aromatic rings. The van der Waals surface area contributed by atoms with Gasteiger partial charge in [-0.3, -0.25) is 33.6 Å². The third-order valence-electron chi connectivity index (χ3n) is 6.11. The Morgan fingerprint density at radius 3 is 1.98 bits per heavy atom. The van der Waals surface area contributed by atoms with Crippen molar-refractivity contribution >= 4 is 41.4 Å². The molecule has 5 N–H and O–H groups in total. The van der Waals surface area contributed by atoms with E-state index in [1.165, 1.54) is 6.92 Å². The summed E-state index contributed by atoms with van der Waals surface area (Å²) >= 11 is 0. The van der Waals surface area contributed by atoms with Gasteiger partial charge in [-0.2, -0.15) is 0 Å². The Kier molecular flexibility index (Phi) is 14.8. The average molecular weight is 577 g/mol. The van der Waals surface area contributed by atoms with Crippen LogP contribution in [0.5, 0.6) is 0 Å². The van der Waals surface area contributed by atoms with Crippen molar-refractivity contribution in [3.63, 3.8) is 0 Å². The van der Waals surface area contributed by atoms with Crippen molar-refractivity contribution in [3.8, 4) is 0 Å². The topological polar surface area (TPSA) is 197 Å². The Bertz CT molecular complexity index is 1090. The van der Waals surface area contributed by atoms with Gasteiger partial charge in [-0.05, 0) is 31.2 Å². The van der Waals surface area contributed by atoms with E-state index in [2.05, 4.69) is 26.0 Å². The fourth-order valence-electron chi connectivity index (χ4n) is 3.86. The number of ether oxygens (including phenoxy) is 1. The largest absolute Gasteiger partial charge is 0.481 e. The summed E-state index contributed by atoms with van der Waals surface area (Å²) in [7, 11) is 1.12. The number of hydrogen-bond donors (Lipinski definition) is 5. The zero-order valence-electron chi connectivity index (χ0n) is 24.0. The van der Waals surface area contributed by atoms with Crippen molar-refractivity contribution in [2.75, 3.05) is 7.11 Å². The van der Waals surface area contributed by atoms with Gasteiger partial charge in [0.25, 0.3) is 0 Å². The Morgan fingerprint density at radius 2 is 1.44 bits per heavy atom. The number of amides is 4. The molecular formula is C28H40N4O9. The van der Waals surface area contributed by atoms with Crippen LogP contribution in [0, 0.1) is 5.92 Å². The first-order valence-corrected chi connectivity index (χ1v) is 13.3. The highest BCUT2D eigenvalue weighted by Gasteiger charge is 2.32. The first-order chi connectivity index (χ1) is 19.2. The van der Waals surface area contributed by atoms with Crippen LogP contribution in [-0.4, -0.2) is 77.7 Å². The first kappa shape index (κ1) is 34.7. The fourth-order valence-corrected chi connectivity index (χ4v) is 3.86. The number of aryl methyl sites for hydroxylation is 1. The van der Waals surface area contributed by atoms with Gasteiger partial charge in [-0.15, -0.1) is 0 Å². The van der Waals surface area contributed by atoms with Gasteiger partial charge < -0.3 is 31.1 Å². The van der Waals surface area contributed by atoms with Crippen molar-refractivity contribution in [3.05, 3.63) is 35.9 Å². The lowest BCUT2D eigenvalue weighted by Crippen LogP contribution is -2.58. The fraction of sp³-hybridized carbons (Fsp3) is 0.536. The SMILES string of the molecule is COC(=O)CC(NC(C)=O)C(=O)NC(C)C(=O)NC(C(=O)NC(CC(=O)O)C(=O)CCCc1ccccc1)C(C)C. The predicted molar refractivity (Wildman–Crippen MR) is 147 cm³/mol. The molecule has 226 valence electrons. The molecule has 13 heteroatoms. The average Bonchev–Trinajstić information content (AvgIpc) is 2.90. The van der Waals surface area contributed by atoms with Crippen molar-refractivity contribution < 1.29 is 43.4 Å². The monoisotopic (exact) mass is 576 g/mol. The number of rotatable bonds is 17. The van der Waals surface area contributed by atoms with Crippen molar-refractivity contribution in [2.24, 2.45) is 5.92 Å². The number of hydrogen-bond acceptors (Lipinski definition) is 8. The summed E-state index contributed by atoms with van der Waals surface area (Å²) in [5.41, 5.74) is 1.02. The number of nitrogens with one attached hydrogen (secondary N) is 4. The summed E-state index contributed by atoms with van der Waals surface area (Å²) in [6, 6.07) is 4.54. The summed E-state index contributed by atoms with van der Waals surface area (Å²) < 4.78 is 4.53. The van der Waals surface area contributed by atoms with Crippen LogP contribution in [0.4, 0.5) is 0 Å². The van der Waals surface area contributed by atoms with E-state index < -0.39 is 84.3 Å². The quantitative estimate of drug-likeness (QED) is 0.161. The van der Waals surface area contributed by atoms with Gasteiger partial charge in [0.15, 0.2) is 5.78 Å². The number of methoxy groups -OCH3 is 1. The molecule has 1 rings (SSSR count). The summed E-state index contributed by atoms with van der Waals surface area (Å²) in [6.45, 7) is 5.79. The van der Waals surface area contributed by atoms with Gasteiger partial charge in [0.1, 0.15) is 18.1 Å². The van der Waals surface area contributed by atoms with Crippen molar-refractivity contribution in [2.45, 2.75) is 84.0 Å². The molecular weight excluding hydrogens is 536 g/mol. The molecule has 4 amide bonds. The van der Waals surface area contributed by atoms with Crippen LogP contribution < -0.4 is 21.3 Å². The molecule has 13 nitrogen and oxygen atoms in total. The van der Waals surface area contributed by atoms with E-state index in [0.717, 1.165) is 19.6 Å². The number of carbonyl (C=O) groups excluding carboxylic acids is 6. The van der Waals surface area contributed by atoms with Crippen LogP contribution in [0.2, 0.25) is 0 Å². The Balaban J connectivity index is 2.85. The van der Waals surface area contributed by atoms with E-state index in [-0.39, 0.29) is 6.42 Å². The molecule has 0 spiro atoms. The van der Waals surface area contributed by atoms with Crippen LogP contribution in [0.25, 0.3) is 0 Å². The summed E-state index contributed by atoms with van der Waals surface area (Å²) in [5, 5.41) is 19.0. The van der Waals surface area contributed by atoms with Gasteiger partial charge in [-0.1, -0.05) is 44.2 Å². The maximum Gasteiger partial charge on any atom is 0.308 e. The minimum absolute atomic E-state index is 0.0515. The Labute approximate surface area is 239 Å². The van der Waals surface area contributed by atoms with Crippen LogP contribution in [0.1, 0.15) is 58.9 Å². The standard InChI is InChI=1S/C28H40N4O9/c1-16(2)25(32-26(38)17(3)29-27(39)21(30-18(4)33)15-24(37)41-5)28(40)31-20(14-23(35)36)22(34)13-9-12-19-10-7-6-8-11-19/h6-8,10-11,16-17,20-21,25H,9,12-15H2,1-5H3,(H,29,39)(H,30,33)(H,31,40)(H,32,38)(H,35,36). The van der Waals surface area contributed by atoms with E-state index in [0.29, 0.717) is 12.8 Å². The number of esters is 1. The third-order valence-corrected chi connectivity index (χ3v) is 6.11. The number of carboxylic acids is 1. The number of benzene rings is 1. The summed E-state index contributed by atoms with van der Waals surface area (Å²) in [5.74, 6) is -5.83. The van der Waals surface area contributed by atoms with Crippen LogP contribution in [-0.2, 0) is 44.7 Å². The lowest BCUT2D eigenvalue weighted by molar-refractivity contribution is -0.144. The molecule has 0 fully saturated rings. The number of aliphatic carboxylic acids is 1. The van der Waals surface area contributed by atoms with E-state index >= 15 is 0 Å². The minimum atomic E-state index is -1.29. The van der Waals surface area contributed by atoms with E-state index in [1.54, 1.807) is 13.8 Å². The molecule has 0 aliphatic carbocycles. The number of ketones is 1. The molecule has 41 heavy (non-hydrogen) atoms. The second kappa shape index (κ2) is 17.4. The predicted octanol–water partition coefficient (Wildman–Crippen LogP) is 0.251. The molecule has 0 aliphatic rings. The lowest BCUT2D eigenvalue weighted by Gasteiger charge is -2.26. The zero-order chi connectivity index (χ0) is 31.1. The molecule has 1 aromatic carbocycles. The highest BCUT2D eigenvalue weighted by atomic mass is 16.5. The maximum absolute atomic E-state index is 13.1. The third kappa shape index (κ3) is 13.1. The second-order valence-corrected chi connectivity index (χ2v) is 9.96. The lowest BCUT2D eigenvalue weighted by atomic mass is 9.99. The number of Topliss-reactive ketones (excluding diaryl/α,β-unsaturated/α-hetero) is 1. The summed E-state index contributed by atoms with van der Waals surface area (Å²) in [4.78, 5) is 85.8. The maximum atomic E-state index is 13.1. The molecule has 4 unspecified atom stereocenters. The molecule has 4 atom stereocenters. The highest BCUT2D eigenvalue weighted by Crippen LogP contribution is 2.10. The van der Waals surface area contributed by atoms with Gasteiger partial charge in [-0.25, -0.2) is 0 Å². The smallest absolute Gasteiger partial charge is 0.308 e. The molecule has 0 heterocycles. The van der Waals surface area contributed by atoms with Crippen LogP contribution in [0.15, 0.2) is 30.3 Å². The molecule has 0 saturated carbocycles. The van der Waals surface area contributed by atoms with E-state index in [1.807, 2.05) is 30.3 Å². The molecule has 0 bridgehead atoms. The molecule has 0 radical (unpaired) electrons. The van der Waals surface area contributed by atoms with E-state index in [4.69, 9.17) is 0 Å². The minimum Gasteiger partial charge on any atom is -0.481 e. The normalized spacial score (nSPS) is 13.6. The van der Waals surface area contributed by atoms with Gasteiger partial charge in [0.05, 0.1) is 26.0 Å². The zero-order valence-corrected chi connectivity index (χ0v) is 24.0. The van der Waals surface area contributed by atoms with E-state index in [9.17, 15) is 38.7 Å². The van der Waals surface area contributed by atoms with Gasteiger partial charge in [0, 0.05) is 13.3 Å². The number of carboxylic acid groups (broad SMARTS) is 1. The Hall–Kier alpha value is -4.29. The van der Waals surface area contributed by atoms with Crippen LogP contribution >= 0.6 is 0 Å². The van der Waals surface area contributed by atoms with Crippen molar-refractivity contribution in [1.82, 2.24) is 21.3 Å². The number of carbonyl (C=O) groups is 7. The molecule has 0 aliphatic heterocycles. The molecule has 0 saturated heterocycles. The Morgan fingerprint density at radius 1 is 0.805 bits per heavy atom. The van der Waals surface area contributed by atoms with Crippen molar-refractivity contribution in [1.29, 1.82) is 0 Å². The van der Waals surface area contributed by atoms with Gasteiger partial charge >= 0.3 is 11.9 Å².